The highest BCUT2D eigenvalue weighted by Gasteiger charge is 2.12. The molecule has 0 saturated heterocycles. The Morgan fingerprint density at radius 3 is 2.50 bits per heavy atom. The number of rotatable bonds is 6. The van der Waals surface area contributed by atoms with Crippen molar-refractivity contribution in [1.82, 2.24) is 10.3 Å². The fourth-order valence-corrected chi connectivity index (χ4v) is 2.80. The smallest absolute Gasteiger partial charge is 0.0410 e. The number of hydrogen-bond acceptors (Lipinski definition) is 2. The topological polar surface area (TPSA) is 24.9 Å². The van der Waals surface area contributed by atoms with Gasteiger partial charge in [-0.25, -0.2) is 0 Å². The first-order chi connectivity index (χ1) is 9.69. The summed E-state index contributed by atoms with van der Waals surface area (Å²) in [6.07, 6.45) is 5.82. The van der Waals surface area contributed by atoms with Crippen molar-refractivity contribution in [2.24, 2.45) is 0 Å². The molecule has 1 unspecified atom stereocenters. The maximum Gasteiger partial charge on any atom is 0.0410 e. The van der Waals surface area contributed by atoms with E-state index in [9.17, 15) is 0 Å². The Hall–Kier alpha value is -0.710. The Bertz CT molecular complexity index is 540. The Balaban J connectivity index is 2.16. The monoisotopic (exact) mass is 396 g/mol. The molecule has 1 atom stereocenters. The van der Waals surface area contributed by atoms with E-state index in [1.54, 1.807) is 0 Å². The number of halogens is 2. The van der Waals surface area contributed by atoms with Gasteiger partial charge in [0.25, 0.3) is 0 Å². The second-order valence-electron chi connectivity index (χ2n) is 4.77. The van der Waals surface area contributed by atoms with E-state index in [0.717, 1.165) is 28.3 Å². The lowest BCUT2D eigenvalue weighted by Gasteiger charge is -2.19. The molecule has 20 heavy (non-hydrogen) atoms. The van der Waals surface area contributed by atoms with Crippen LogP contribution in [-0.2, 0) is 6.42 Å². The van der Waals surface area contributed by atoms with Gasteiger partial charge in [0.2, 0.25) is 0 Å². The molecule has 2 nitrogen and oxygen atoms in total. The Morgan fingerprint density at radius 2 is 1.85 bits per heavy atom. The Kier molecular flexibility index (Phi) is 6.20. The molecule has 0 aliphatic rings. The highest BCUT2D eigenvalue weighted by Crippen LogP contribution is 2.22. The van der Waals surface area contributed by atoms with Crippen LogP contribution in [0.1, 0.15) is 30.5 Å². The maximum atomic E-state index is 4.24. The third kappa shape index (κ3) is 4.69. The summed E-state index contributed by atoms with van der Waals surface area (Å²) < 4.78 is 2.14. The summed E-state index contributed by atoms with van der Waals surface area (Å²) in [6.45, 7) is 3.20. The Labute approximate surface area is 137 Å². The fourth-order valence-electron chi connectivity index (χ4n) is 2.12. The van der Waals surface area contributed by atoms with Crippen molar-refractivity contribution in [3.63, 3.8) is 0 Å². The molecular formula is C16H18Br2N2. The second kappa shape index (κ2) is 7.91. The van der Waals surface area contributed by atoms with Crippen LogP contribution in [0.15, 0.2) is 51.7 Å². The van der Waals surface area contributed by atoms with E-state index in [1.165, 1.54) is 11.1 Å². The van der Waals surface area contributed by atoms with Crippen LogP contribution in [0.25, 0.3) is 0 Å². The summed E-state index contributed by atoms with van der Waals surface area (Å²) in [5.74, 6) is 0. The number of benzene rings is 1. The molecule has 0 fully saturated rings. The van der Waals surface area contributed by atoms with Gasteiger partial charge in [0, 0.05) is 27.4 Å². The van der Waals surface area contributed by atoms with E-state index in [0.29, 0.717) is 6.04 Å². The summed E-state index contributed by atoms with van der Waals surface area (Å²) in [6, 6.07) is 11.0. The zero-order valence-electron chi connectivity index (χ0n) is 11.4. The molecule has 0 radical (unpaired) electrons. The van der Waals surface area contributed by atoms with Crippen molar-refractivity contribution in [1.29, 1.82) is 0 Å². The van der Waals surface area contributed by atoms with Crippen LogP contribution < -0.4 is 5.32 Å². The van der Waals surface area contributed by atoms with Gasteiger partial charge in [0.1, 0.15) is 0 Å². The Morgan fingerprint density at radius 1 is 1.10 bits per heavy atom. The van der Waals surface area contributed by atoms with Crippen molar-refractivity contribution < 1.29 is 0 Å². The quantitative estimate of drug-likeness (QED) is 0.750. The van der Waals surface area contributed by atoms with Crippen molar-refractivity contribution in [3.05, 3.63) is 62.8 Å². The molecule has 0 bridgehead atoms. The standard InChI is InChI=1S/C16H18Br2N2/c1-2-7-20-16(13-3-5-14(17)6-4-13)9-12-8-15(18)11-19-10-12/h3-6,8,10-11,16,20H,2,7,9H2,1H3. The third-order valence-electron chi connectivity index (χ3n) is 3.11. The van der Waals surface area contributed by atoms with Gasteiger partial charge in [-0.1, -0.05) is 35.0 Å². The summed E-state index contributed by atoms with van der Waals surface area (Å²) in [5.41, 5.74) is 2.54. The average molecular weight is 398 g/mol. The van der Waals surface area contributed by atoms with Gasteiger partial charge in [0.05, 0.1) is 0 Å². The SMILES string of the molecule is CCCNC(Cc1cncc(Br)c1)c1ccc(Br)cc1. The first-order valence-corrected chi connectivity index (χ1v) is 8.36. The third-order valence-corrected chi connectivity index (χ3v) is 4.08. The fraction of sp³-hybridized carbons (Fsp3) is 0.312. The van der Waals surface area contributed by atoms with Crippen molar-refractivity contribution in [2.45, 2.75) is 25.8 Å². The molecule has 1 N–H and O–H groups in total. The van der Waals surface area contributed by atoms with Crippen LogP contribution >= 0.6 is 31.9 Å². The predicted molar refractivity (Wildman–Crippen MR) is 90.8 cm³/mol. The maximum absolute atomic E-state index is 4.24. The van der Waals surface area contributed by atoms with E-state index in [4.69, 9.17) is 0 Å². The van der Waals surface area contributed by atoms with Crippen LogP contribution in [0.5, 0.6) is 0 Å². The van der Waals surface area contributed by atoms with E-state index in [-0.39, 0.29) is 0 Å². The lowest BCUT2D eigenvalue weighted by molar-refractivity contribution is 0.528. The van der Waals surface area contributed by atoms with E-state index >= 15 is 0 Å². The molecule has 0 aliphatic carbocycles. The van der Waals surface area contributed by atoms with Crippen molar-refractivity contribution in [3.8, 4) is 0 Å². The number of hydrogen-bond donors (Lipinski definition) is 1. The van der Waals surface area contributed by atoms with Gasteiger partial charge in [0.15, 0.2) is 0 Å². The van der Waals surface area contributed by atoms with Crippen LogP contribution in [0.2, 0.25) is 0 Å². The molecule has 1 aromatic carbocycles. The largest absolute Gasteiger partial charge is 0.310 e. The average Bonchev–Trinajstić information content (AvgIpc) is 2.44. The zero-order chi connectivity index (χ0) is 14.4. The minimum Gasteiger partial charge on any atom is -0.310 e. The highest BCUT2D eigenvalue weighted by molar-refractivity contribution is 9.10. The molecule has 106 valence electrons. The number of nitrogens with zero attached hydrogens (tertiary/aromatic N) is 1. The molecule has 0 saturated carbocycles. The lowest BCUT2D eigenvalue weighted by Crippen LogP contribution is -2.24. The molecule has 0 amide bonds. The van der Waals surface area contributed by atoms with Gasteiger partial charge in [-0.2, -0.15) is 0 Å². The molecular weight excluding hydrogens is 380 g/mol. The van der Waals surface area contributed by atoms with Gasteiger partial charge >= 0.3 is 0 Å². The lowest BCUT2D eigenvalue weighted by atomic mass is 10.00. The van der Waals surface area contributed by atoms with Gasteiger partial charge < -0.3 is 5.32 Å². The van der Waals surface area contributed by atoms with Crippen LogP contribution in [0.3, 0.4) is 0 Å². The minimum absolute atomic E-state index is 0.319. The van der Waals surface area contributed by atoms with Crippen molar-refractivity contribution >= 4 is 31.9 Å². The van der Waals surface area contributed by atoms with E-state index in [1.807, 2.05) is 12.4 Å². The number of aromatic nitrogens is 1. The summed E-state index contributed by atoms with van der Waals surface area (Å²) >= 11 is 6.97. The molecule has 2 rings (SSSR count). The van der Waals surface area contributed by atoms with E-state index in [2.05, 4.69) is 79.4 Å². The zero-order valence-corrected chi connectivity index (χ0v) is 14.6. The van der Waals surface area contributed by atoms with Crippen LogP contribution in [-0.4, -0.2) is 11.5 Å². The molecule has 4 heteroatoms. The molecule has 0 spiro atoms. The summed E-state index contributed by atoms with van der Waals surface area (Å²) in [5, 5.41) is 3.61. The predicted octanol–water partition coefficient (Wildman–Crippen LogP) is 4.89. The van der Waals surface area contributed by atoms with Crippen LogP contribution in [0.4, 0.5) is 0 Å². The van der Waals surface area contributed by atoms with Gasteiger partial charge in [-0.05, 0) is 64.6 Å². The van der Waals surface area contributed by atoms with Crippen LogP contribution in [0, 0.1) is 0 Å². The number of pyridine rings is 1. The van der Waals surface area contributed by atoms with Gasteiger partial charge in [-0.15, -0.1) is 0 Å². The first kappa shape index (κ1) is 15.7. The second-order valence-corrected chi connectivity index (χ2v) is 6.61. The summed E-state index contributed by atoms with van der Waals surface area (Å²) in [4.78, 5) is 4.24. The normalized spacial score (nSPS) is 12.3. The molecule has 2 aromatic rings. The highest BCUT2D eigenvalue weighted by atomic mass is 79.9. The molecule has 1 heterocycles. The molecule has 1 aromatic heterocycles. The first-order valence-electron chi connectivity index (χ1n) is 6.77. The molecule has 0 aliphatic heterocycles. The minimum atomic E-state index is 0.319. The summed E-state index contributed by atoms with van der Waals surface area (Å²) in [7, 11) is 0. The number of nitrogens with one attached hydrogen (secondary N) is 1. The van der Waals surface area contributed by atoms with E-state index < -0.39 is 0 Å². The van der Waals surface area contributed by atoms with Gasteiger partial charge in [-0.3, -0.25) is 4.98 Å². The van der Waals surface area contributed by atoms with Crippen molar-refractivity contribution in [2.75, 3.05) is 6.54 Å².